The highest BCUT2D eigenvalue weighted by atomic mass is 16.3. The molecule has 0 heterocycles. The average molecular weight is 273 g/mol. The monoisotopic (exact) mass is 273 g/mol. The number of nitrogens with one attached hydrogen (secondary N) is 1. The first-order valence-electron chi connectivity index (χ1n) is 6.67. The fourth-order valence-corrected chi connectivity index (χ4v) is 2.16. The predicted octanol–water partition coefficient (Wildman–Crippen LogP) is 2.89. The molecule has 4 N–H and O–H groups in total. The molecule has 2 rings (SSSR count). The molecule has 2 aromatic carbocycles. The van der Waals surface area contributed by atoms with E-state index >= 15 is 0 Å². The van der Waals surface area contributed by atoms with E-state index in [2.05, 4.69) is 12.2 Å². The van der Waals surface area contributed by atoms with Crippen LogP contribution in [0.5, 0.6) is 17.2 Å². The van der Waals surface area contributed by atoms with Gasteiger partial charge in [0.25, 0.3) is 0 Å². The smallest absolute Gasteiger partial charge is 0.200 e. The molecule has 4 nitrogen and oxygen atoms in total. The third kappa shape index (κ3) is 2.86. The van der Waals surface area contributed by atoms with Gasteiger partial charge in [-0.25, -0.2) is 0 Å². The molecule has 1 unspecified atom stereocenters. The highest BCUT2D eigenvalue weighted by molar-refractivity contribution is 5.55. The van der Waals surface area contributed by atoms with Crippen LogP contribution in [0.3, 0.4) is 0 Å². The minimum Gasteiger partial charge on any atom is -0.504 e. The van der Waals surface area contributed by atoms with Crippen LogP contribution in [-0.2, 0) is 0 Å². The Labute approximate surface area is 118 Å². The van der Waals surface area contributed by atoms with Crippen LogP contribution in [0.15, 0.2) is 42.5 Å². The van der Waals surface area contributed by atoms with Crippen LogP contribution >= 0.6 is 0 Å². The summed E-state index contributed by atoms with van der Waals surface area (Å²) in [6.45, 7) is 2.84. The van der Waals surface area contributed by atoms with Gasteiger partial charge in [0, 0.05) is 5.56 Å². The van der Waals surface area contributed by atoms with Crippen molar-refractivity contribution in [1.82, 2.24) is 5.32 Å². The summed E-state index contributed by atoms with van der Waals surface area (Å²) < 4.78 is 0. The summed E-state index contributed by atoms with van der Waals surface area (Å²) >= 11 is 0. The van der Waals surface area contributed by atoms with E-state index < -0.39 is 5.75 Å². The summed E-state index contributed by atoms with van der Waals surface area (Å²) in [5.74, 6) is -1.10. The second-order valence-electron chi connectivity index (χ2n) is 4.67. The number of aromatic hydroxyl groups is 3. The molecule has 0 aliphatic heterocycles. The zero-order valence-corrected chi connectivity index (χ0v) is 11.4. The number of rotatable bonds is 5. The first kappa shape index (κ1) is 14.2. The molecule has 0 amide bonds. The van der Waals surface area contributed by atoms with Gasteiger partial charge in [-0.1, -0.05) is 37.3 Å². The first-order chi connectivity index (χ1) is 9.65. The van der Waals surface area contributed by atoms with Gasteiger partial charge in [0.15, 0.2) is 11.5 Å². The van der Waals surface area contributed by atoms with Crippen molar-refractivity contribution < 1.29 is 15.3 Å². The van der Waals surface area contributed by atoms with Crippen LogP contribution in [0.1, 0.15) is 30.5 Å². The molecule has 0 spiro atoms. The Bertz CT molecular complexity index is 569. The summed E-state index contributed by atoms with van der Waals surface area (Å²) in [7, 11) is 0. The van der Waals surface area contributed by atoms with E-state index in [1.165, 1.54) is 6.07 Å². The molecule has 0 saturated heterocycles. The molecule has 0 radical (unpaired) electrons. The fourth-order valence-electron chi connectivity index (χ4n) is 2.16. The van der Waals surface area contributed by atoms with E-state index in [-0.39, 0.29) is 17.5 Å². The van der Waals surface area contributed by atoms with Crippen molar-refractivity contribution >= 4 is 0 Å². The maximum atomic E-state index is 10.1. The molecule has 106 valence electrons. The van der Waals surface area contributed by atoms with Gasteiger partial charge in [-0.2, -0.15) is 0 Å². The zero-order valence-electron chi connectivity index (χ0n) is 11.4. The highest BCUT2D eigenvalue weighted by Gasteiger charge is 2.20. The van der Waals surface area contributed by atoms with Crippen molar-refractivity contribution in [2.24, 2.45) is 0 Å². The Balaban J connectivity index is 2.44. The van der Waals surface area contributed by atoms with Crippen LogP contribution in [0, 0.1) is 0 Å². The third-order valence-corrected chi connectivity index (χ3v) is 3.20. The van der Waals surface area contributed by atoms with E-state index in [0.29, 0.717) is 5.56 Å². The van der Waals surface area contributed by atoms with E-state index in [0.717, 1.165) is 18.5 Å². The SMILES string of the molecule is CCCNC(c1ccccc1)c1ccc(O)c(O)c1O. The van der Waals surface area contributed by atoms with Crippen molar-refractivity contribution in [2.75, 3.05) is 6.54 Å². The number of phenols is 3. The van der Waals surface area contributed by atoms with Crippen LogP contribution in [0.25, 0.3) is 0 Å². The van der Waals surface area contributed by atoms with E-state index in [1.807, 2.05) is 30.3 Å². The summed E-state index contributed by atoms with van der Waals surface area (Å²) in [4.78, 5) is 0. The average Bonchev–Trinajstić information content (AvgIpc) is 2.48. The van der Waals surface area contributed by atoms with E-state index in [1.54, 1.807) is 6.07 Å². The summed E-state index contributed by atoms with van der Waals surface area (Å²) in [5.41, 5.74) is 1.53. The number of phenolic OH excluding ortho intramolecular Hbond substituents is 3. The van der Waals surface area contributed by atoms with Crippen molar-refractivity contribution in [3.63, 3.8) is 0 Å². The Morgan fingerprint density at radius 3 is 2.30 bits per heavy atom. The van der Waals surface area contributed by atoms with Crippen LogP contribution < -0.4 is 5.32 Å². The lowest BCUT2D eigenvalue weighted by atomic mass is 9.97. The van der Waals surface area contributed by atoms with Crippen molar-refractivity contribution in [1.29, 1.82) is 0 Å². The van der Waals surface area contributed by atoms with Crippen LogP contribution in [-0.4, -0.2) is 21.9 Å². The molecule has 20 heavy (non-hydrogen) atoms. The Morgan fingerprint density at radius 1 is 0.950 bits per heavy atom. The molecular formula is C16H19NO3. The van der Waals surface area contributed by atoms with Gasteiger partial charge in [0.05, 0.1) is 6.04 Å². The Morgan fingerprint density at radius 2 is 1.65 bits per heavy atom. The van der Waals surface area contributed by atoms with Crippen LogP contribution in [0.4, 0.5) is 0 Å². The van der Waals surface area contributed by atoms with E-state index in [9.17, 15) is 15.3 Å². The highest BCUT2D eigenvalue weighted by Crippen LogP contribution is 2.41. The third-order valence-electron chi connectivity index (χ3n) is 3.20. The molecule has 0 saturated carbocycles. The molecular weight excluding hydrogens is 254 g/mol. The van der Waals surface area contributed by atoms with Gasteiger partial charge in [-0.05, 0) is 30.7 Å². The maximum Gasteiger partial charge on any atom is 0.200 e. The molecule has 0 fully saturated rings. The minimum absolute atomic E-state index is 0.234. The molecule has 0 aliphatic carbocycles. The van der Waals surface area contributed by atoms with Gasteiger partial charge in [0.2, 0.25) is 5.75 Å². The molecule has 0 aromatic heterocycles. The normalized spacial score (nSPS) is 12.2. The summed E-state index contributed by atoms with van der Waals surface area (Å²) in [6.07, 6.45) is 0.953. The quantitative estimate of drug-likeness (QED) is 0.632. The molecule has 1 atom stereocenters. The standard InChI is InChI=1S/C16H19NO3/c1-2-10-17-14(11-6-4-3-5-7-11)12-8-9-13(18)16(20)15(12)19/h3-9,14,17-20H,2,10H2,1H3. The Kier molecular flexibility index (Phi) is 4.48. The van der Waals surface area contributed by atoms with Crippen molar-refractivity contribution in [3.8, 4) is 17.2 Å². The Hall–Kier alpha value is -2.20. The summed E-state index contributed by atoms with van der Waals surface area (Å²) in [5, 5.41) is 32.5. The van der Waals surface area contributed by atoms with Crippen molar-refractivity contribution in [2.45, 2.75) is 19.4 Å². The van der Waals surface area contributed by atoms with Crippen LogP contribution in [0.2, 0.25) is 0 Å². The van der Waals surface area contributed by atoms with Gasteiger partial charge < -0.3 is 20.6 Å². The first-order valence-corrected chi connectivity index (χ1v) is 6.67. The largest absolute Gasteiger partial charge is 0.504 e. The molecule has 2 aromatic rings. The fraction of sp³-hybridized carbons (Fsp3) is 0.250. The molecule has 0 bridgehead atoms. The summed E-state index contributed by atoms with van der Waals surface area (Å²) in [6, 6.07) is 12.4. The van der Waals surface area contributed by atoms with E-state index in [4.69, 9.17) is 0 Å². The van der Waals surface area contributed by atoms with Gasteiger partial charge in [0.1, 0.15) is 0 Å². The second-order valence-corrected chi connectivity index (χ2v) is 4.67. The lowest BCUT2D eigenvalue weighted by molar-refractivity contribution is 0.362. The van der Waals surface area contributed by atoms with Gasteiger partial charge in [-0.3, -0.25) is 0 Å². The second kappa shape index (κ2) is 6.30. The lowest BCUT2D eigenvalue weighted by Gasteiger charge is -2.21. The maximum absolute atomic E-state index is 10.1. The number of hydrogen-bond donors (Lipinski definition) is 4. The lowest BCUT2D eigenvalue weighted by Crippen LogP contribution is -2.23. The van der Waals surface area contributed by atoms with Gasteiger partial charge >= 0.3 is 0 Å². The molecule has 0 aliphatic rings. The molecule has 4 heteroatoms. The van der Waals surface area contributed by atoms with Crippen molar-refractivity contribution in [3.05, 3.63) is 53.6 Å². The number of benzene rings is 2. The zero-order chi connectivity index (χ0) is 14.5. The topological polar surface area (TPSA) is 72.7 Å². The number of hydrogen-bond acceptors (Lipinski definition) is 4. The van der Waals surface area contributed by atoms with Gasteiger partial charge in [-0.15, -0.1) is 0 Å². The minimum atomic E-state index is -0.485. The predicted molar refractivity (Wildman–Crippen MR) is 78.0 cm³/mol.